The van der Waals surface area contributed by atoms with Crippen LogP contribution in [0.3, 0.4) is 0 Å². The lowest BCUT2D eigenvalue weighted by Gasteiger charge is -2.32. The number of aryl methyl sites for hydroxylation is 3. The quantitative estimate of drug-likeness (QED) is 0.569. The molecule has 0 N–H and O–H groups in total. The van der Waals surface area contributed by atoms with Crippen LogP contribution in [-0.2, 0) is 0 Å². The lowest BCUT2D eigenvalue weighted by atomic mass is 10.0. The highest BCUT2D eigenvalue weighted by Crippen LogP contribution is 2.27. The molecule has 1 aliphatic rings. The van der Waals surface area contributed by atoms with Crippen molar-refractivity contribution in [2.75, 3.05) is 13.1 Å². The first-order valence-electron chi connectivity index (χ1n) is 11.4. The van der Waals surface area contributed by atoms with E-state index in [9.17, 15) is 4.79 Å². The molecule has 32 heavy (non-hydrogen) atoms. The predicted octanol–water partition coefficient (Wildman–Crippen LogP) is 5.00. The van der Waals surface area contributed by atoms with Gasteiger partial charge in [-0.25, -0.2) is 9.67 Å². The number of carbonyl (C=O) groups excluding carboxylic acids is 1. The van der Waals surface area contributed by atoms with Gasteiger partial charge in [-0.3, -0.25) is 4.79 Å². The highest BCUT2D eigenvalue weighted by atomic mass is 16.5. The normalized spacial score (nSPS) is 14.8. The summed E-state index contributed by atoms with van der Waals surface area (Å²) in [4.78, 5) is 19.5. The fourth-order valence-corrected chi connectivity index (χ4v) is 4.35. The van der Waals surface area contributed by atoms with E-state index in [0.29, 0.717) is 19.0 Å². The first kappa shape index (κ1) is 22.1. The third-order valence-corrected chi connectivity index (χ3v) is 6.17. The summed E-state index contributed by atoms with van der Waals surface area (Å²) in [5.41, 5.74) is 4.46. The molecule has 0 radical (unpaired) electrons. The van der Waals surface area contributed by atoms with Crippen molar-refractivity contribution < 1.29 is 9.53 Å². The minimum absolute atomic E-state index is 0.112. The summed E-state index contributed by atoms with van der Waals surface area (Å²) >= 11 is 0. The van der Waals surface area contributed by atoms with Gasteiger partial charge in [-0.15, -0.1) is 5.10 Å². The maximum atomic E-state index is 13.1. The number of benzene rings is 2. The van der Waals surface area contributed by atoms with Gasteiger partial charge < -0.3 is 9.64 Å². The van der Waals surface area contributed by atoms with E-state index in [1.807, 2.05) is 36.1 Å². The Morgan fingerprint density at radius 3 is 2.31 bits per heavy atom. The molecule has 1 aromatic heterocycles. The monoisotopic (exact) mass is 432 g/mol. The zero-order valence-electron chi connectivity index (χ0n) is 19.6. The Kier molecular flexibility index (Phi) is 6.31. The van der Waals surface area contributed by atoms with Crippen LogP contribution in [0, 0.1) is 20.8 Å². The topological polar surface area (TPSA) is 60.2 Å². The highest BCUT2D eigenvalue weighted by molar-refractivity contribution is 5.90. The highest BCUT2D eigenvalue weighted by Gasteiger charge is 2.28. The third kappa shape index (κ3) is 4.40. The van der Waals surface area contributed by atoms with Crippen molar-refractivity contribution in [1.82, 2.24) is 19.7 Å². The van der Waals surface area contributed by atoms with Gasteiger partial charge in [0.1, 0.15) is 17.7 Å². The van der Waals surface area contributed by atoms with Crippen LogP contribution in [-0.4, -0.2) is 44.8 Å². The summed E-state index contributed by atoms with van der Waals surface area (Å²) in [6.07, 6.45) is 1.72. The average molecular weight is 433 g/mol. The van der Waals surface area contributed by atoms with Crippen LogP contribution in [0.25, 0.3) is 5.69 Å². The van der Waals surface area contributed by atoms with Crippen molar-refractivity contribution in [2.24, 2.45) is 0 Å². The summed E-state index contributed by atoms with van der Waals surface area (Å²) in [5.74, 6) is 2.19. The Morgan fingerprint density at radius 2 is 1.66 bits per heavy atom. The molecule has 2 aromatic carbocycles. The van der Waals surface area contributed by atoms with Crippen LogP contribution in [0.5, 0.6) is 5.75 Å². The van der Waals surface area contributed by atoms with Crippen molar-refractivity contribution in [1.29, 1.82) is 0 Å². The molecule has 1 saturated heterocycles. The number of hydrogen-bond donors (Lipinski definition) is 0. The third-order valence-electron chi connectivity index (χ3n) is 6.17. The number of nitrogens with zero attached hydrogens (tertiary/aromatic N) is 4. The zero-order valence-corrected chi connectivity index (χ0v) is 19.6. The SMILES string of the molecule is Cc1cccc(C)c1OC1CCN(C(=O)c2nc(C)n(-c3ccccc3C(C)C)n2)CC1. The predicted molar refractivity (Wildman–Crippen MR) is 126 cm³/mol. The van der Waals surface area contributed by atoms with Crippen LogP contribution in [0.1, 0.15) is 65.7 Å². The molecular formula is C26H32N4O2. The number of amides is 1. The standard InChI is InChI=1S/C26H32N4O2/c1-17(2)22-11-6-7-12-23(22)30-20(5)27-25(28-30)26(31)29-15-13-21(14-16-29)32-24-18(3)9-8-10-19(24)4/h6-12,17,21H,13-16H2,1-5H3. The molecule has 0 aliphatic carbocycles. The Hall–Kier alpha value is -3.15. The number of piperidine rings is 1. The number of hydrogen-bond acceptors (Lipinski definition) is 4. The van der Waals surface area contributed by atoms with Gasteiger partial charge >= 0.3 is 0 Å². The number of ether oxygens (including phenoxy) is 1. The Balaban J connectivity index is 1.45. The molecule has 0 atom stereocenters. The number of carbonyl (C=O) groups is 1. The van der Waals surface area contributed by atoms with Gasteiger partial charge in [0.15, 0.2) is 0 Å². The summed E-state index contributed by atoms with van der Waals surface area (Å²) < 4.78 is 8.08. The largest absolute Gasteiger partial charge is 0.490 e. The molecule has 0 saturated carbocycles. The molecule has 2 heterocycles. The second-order valence-electron chi connectivity index (χ2n) is 8.94. The van der Waals surface area contributed by atoms with Crippen LogP contribution < -0.4 is 4.74 Å². The molecule has 1 aliphatic heterocycles. The summed E-state index contributed by atoms with van der Waals surface area (Å²) in [6.45, 7) is 11.6. The molecule has 0 unspecified atom stereocenters. The Bertz CT molecular complexity index is 1090. The number of aromatic nitrogens is 3. The molecule has 1 fully saturated rings. The van der Waals surface area contributed by atoms with E-state index in [0.717, 1.165) is 41.2 Å². The van der Waals surface area contributed by atoms with E-state index in [1.54, 1.807) is 4.68 Å². The molecule has 3 aromatic rings. The molecule has 168 valence electrons. The van der Waals surface area contributed by atoms with Gasteiger partial charge in [0.05, 0.1) is 5.69 Å². The van der Waals surface area contributed by atoms with E-state index >= 15 is 0 Å². The van der Waals surface area contributed by atoms with Crippen molar-refractivity contribution >= 4 is 5.91 Å². The van der Waals surface area contributed by atoms with Crippen LogP contribution in [0.15, 0.2) is 42.5 Å². The van der Waals surface area contributed by atoms with Gasteiger partial charge in [-0.1, -0.05) is 50.2 Å². The van der Waals surface area contributed by atoms with Crippen LogP contribution in [0.2, 0.25) is 0 Å². The van der Waals surface area contributed by atoms with Gasteiger partial charge in [-0.2, -0.15) is 0 Å². The number of likely N-dealkylation sites (tertiary alicyclic amines) is 1. The van der Waals surface area contributed by atoms with E-state index in [-0.39, 0.29) is 17.8 Å². The van der Waals surface area contributed by atoms with E-state index in [1.165, 1.54) is 5.56 Å². The van der Waals surface area contributed by atoms with Crippen molar-refractivity contribution in [3.05, 3.63) is 70.8 Å². The smallest absolute Gasteiger partial charge is 0.293 e. The molecule has 6 nitrogen and oxygen atoms in total. The van der Waals surface area contributed by atoms with Gasteiger partial charge in [-0.05, 0) is 49.4 Å². The summed E-state index contributed by atoms with van der Waals surface area (Å²) in [7, 11) is 0. The minimum Gasteiger partial charge on any atom is -0.490 e. The van der Waals surface area contributed by atoms with Crippen molar-refractivity contribution in [3.63, 3.8) is 0 Å². The van der Waals surface area contributed by atoms with Crippen LogP contribution >= 0.6 is 0 Å². The average Bonchev–Trinajstić information content (AvgIpc) is 3.17. The molecule has 0 spiro atoms. The van der Waals surface area contributed by atoms with Crippen LogP contribution in [0.4, 0.5) is 0 Å². The Morgan fingerprint density at radius 1 is 1.00 bits per heavy atom. The fraction of sp³-hybridized carbons (Fsp3) is 0.423. The fourth-order valence-electron chi connectivity index (χ4n) is 4.35. The molecule has 4 rings (SSSR count). The van der Waals surface area contributed by atoms with E-state index in [4.69, 9.17) is 4.74 Å². The molecular weight excluding hydrogens is 400 g/mol. The molecule has 6 heteroatoms. The summed E-state index contributed by atoms with van der Waals surface area (Å²) in [6, 6.07) is 14.3. The van der Waals surface area contributed by atoms with Gasteiger partial charge in [0.2, 0.25) is 5.82 Å². The number of rotatable bonds is 5. The summed E-state index contributed by atoms with van der Waals surface area (Å²) in [5, 5.41) is 4.59. The van der Waals surface area contributed by atoms with Gasteiger partial charge in [0, 0.05) is 25.9 Å². The van der Waals surface area contributed by atoms with E-state index < -0.39 is 0 Å². The second-order valence-corrected chi connectivity index (χ2v) is 8.94. The maximum Gasteiger partial charge on any atom is 0.293 e. The second kappa shape index (κ2) is 9.15. The lowest BCUT2D eigenvalue weighted by Crippen LogP contribution is -2.42. The molecule has 1 amide bonds. The first-order valence-corrected chi connectivity index (χ1v) is 11.4. The number of para-hydroxylation sites is 2. The Labute approximate surface area is 190 Å². The van der Waals surface area contributed by atoms with Gasteiger partial charge in [0.25, 0.3) is 5.91 Å². The van der Waals surface area contributed by atoms with E-state index in [2.05, 4.69) is 56.0 Å². The lowest BCUT2D eigenvalue weighted by molar-refractivity contribution is 0.0582. The molecule has 0 bridgehead atoms. The zero-order chi connectivity index (χ0) is 22.8. The van der Waals surface area contributed by atoms with Crippen molar-refractivity contribution in [3.8, 4) is 11.4 Å². The maximum absolute atomic E-state index is 13.1. The minimum atomic E-state index is -0.112. The first-order chi connectivity index (χ1) is 15.3. The van der Waals surface area contributed by atoms with Crippen molar-refractivity contribution in [2.45, 2.75) is 59.5 Å².